The van der Waals surface area contributed by atoms with Crippen LogP contribution in [0.1, 0.15) is 0 Å². The summed E-state index contributed by atoms with van der Waals surface area (Å²) in [6.07, 6.45) is 1.49. The number of ether oxygens (including phenoxy) is 1. The smallest absolute Gasteiger partial charge is 0.437 e. The number of nitrogens with zero attached hydrogens (tertiary/aromatic N) is 2. The summed E-state index contributed by atoms with van der Waals surface area (Å²) in [7, 11) is 1.55. The summed E-state index contributed by atoms with van der Waals surface area (Å²) in [6.45, 7) is 0.767. The van der Waals surface area contributed by atoms with Crippen LogP contribution in [-0.2, 0) is 11.3 Å². The Labute approximate surface area is 85.1 Å². The van der Waals surface area contributed by atoms with Crippen LogP contribution in [0, 0.1) is 0 Å². The van der Waals surface area contributed by atoms with Crippen molar-refractivity contribution < 1.29 is 13.6 Å². The first-order chi connectivity index (χ1) is 7.31. The van der Waals surface area contributed by atoms with E-state index in [0.29, 0.717) is 18.9 Å². The van der Waals surface area contributed by atoms with Crippen molar-refractivity contribution in [3.63, 3.8) is 0 Å². The summed E-state index contributed by atoms with van der Waals surface area (Å²) < 4.78 is 16.0. The second-order valence-corrected chi connectivity index (χ2v) is 2.87. The van der Waals surface area contributed by atoms with Crippen molar-refractivity contribution in [1.29, 1.82) is 0 Å². The van der Waals surface area contributed by atoms with Gasteiger partial charge in [-0.1, -0.05) is 0 Å². The molecule has 0 aliphatic heterocycles. The van der Waals surface area contributed by atoms with Crippen molar-refractivity contribution in [2.75, 3.05) is 13.7 Å². The Morgan fingerprint density at radius 3 is 3.13 bits per heavy atom. The zero-order valence-electron chi connectivity index (χ0n) is 8.17. The van der Waals surface area contributed by atoms with E-state index in [1.165, 1.54) is 10.9 Å². The maximum atomic E-state index is 11.3. The summed E-state index contributed by atoms with van der Waals surface area (Å²) in [5.41, 5.74) is 0. The van der Waals surface area contributed by atoms with Gasteiger partial charge in [-0.25, -0.2) is 4.79 Å². The van der Waals surface area contributed by atoms with Crippen LogP contribution in [0.5, 0.6) is 0 Å². The highest BCUT2D eigenvalue weighted by Crippen LogP contribution is 2.14. The highest BCUT2D eigenvalue weighted by molar-refractivity contribution is 5.42. The number of rotatable bonds is 4. The summed E-state index contributed by atoms with van der Waals surface area (Å²) in [4.78, 5) is 11.3. The van der Waals surface area contributed by atoms with Crippen molar-refractivity contribution in [1.82, 2.24) is 9.78 Å². The molecule has 80 valence electrons. The molecule has 6 heteroatoms. The zero-order chi connectivity index (χ0) is 10.7. The van der Waals surface area contributed by atoms with Crippen LogP contribution >= 0.6 is 0 Å². The summed E-state index contributed by atoms with van der Waals surface area (Å²) in [5.74, 6) is 0.0998. The number of methoxy groups -OCH3 is 1. The van der Waals surface area contributed by atoms with Crippen molar-refractivity contribution in [3.8, 4) is 11.7 Å². The molecule has 0 spiro atoms. The summed E-state index contributed by atoms with van der Waals surface area (Å²) >= 11 is 0. The lowest BCUT2D eigenvalue weighted by atomic mass is 10.5. The largest absolute Gasteiger partial charge is 0.459 e. The molecule has 0 bridgehead atoms. The standard InChI is InChI=1S/C9H10N2O4/c1-13-6-4-11-9(12)15-8(10-11)7-3-2-5-14-7/h2-3,5H,4,6H2,1H3. The van der Waals surface area contributed by atoms with Gasteiger partial charge in [0.25, 0.3) is 5.89 Å². The van der Waals surface area contributed by atoms with Gasteiger partial charge in [0.2, 0.25) is 0 Å². The Bertz CT molecular complexity index is 469. The van der Waals surface area contributed by atoms with Gasteiger partial charge in [0.1, 0.15) is 0 Å². The van der Waals surface area contributed by atoms with Crippen LogP contribution < -0.4 is 5.76 Å². The van der Waals surface area contributed by atoms with Gasteiger partial charge in [-0.05, 0) is 12.1 Å². The average Bonchev–Trinajstić information content (AvgIpc) is 2.83. The number of hydrogen-bond donors (Lipinski definition) is 0. The molecule has 2 aromatic rings. The third-order valence-corrected chi connectivity index (χ3v) is 1.85. The third kappa shape index (κ3) is 1.99. The first kappa shape index (κ1) is 9.72. The molecule has 2 aromatic heterocycles. The predicted octanol–water partition coefficient (Wildman–Crippen LogP) is 0.743. The Kier molecular flexibility index (Phi) is 2.68. The molecule has 0 saturated heterocycles. The minimum absolute atomic E-state index is 0.182. The molecule has 0 aliphatic rings. The molecular formula is C9H10N2O4. The number of hydrogen-bond acceptors (Lipinski definition) is 5. The fraction of sp³-hybridized carbons (Fsp3) is 0.333. The van der Waals surface area contributed by atoms with Crippen LogP contribution in [-0.4, -0.2) is 23.5 Å². The van der Waals surface area contributed by atoms with E-state index in [4.69, 9.17) is 13.6 Å². The number of aromatic nitrogens is 2. The fourth-order valence-electron chi connectivity index (χ4n) is 1.13. The van der Waals surface area contributed by atoms with Crippen molar-refractivity contribution >= 4 is 0 Å². The van der Waals surface area contributed by atoms with E-state index in [2.05, 4.69) is 5.10 Å². The molecule has 0 atom stereocenters. The first-order valence-electron chi connectivity index (χ1n) is 4.42. The van der Waals surface area contributed by atoms with Crippen LogP contribution in [0.25, 0.3) is 11.7 Å². The van der Waals surface area contributed by atoms with Crippen LogP contribution in [0.3, 0.4) is 0 Å². The topological polar surface area (TPSA) is 70.4 Å². The zero-order valence-corrected chi connectivity index (χ0v) is 8.17. The molecule has 2 heterocycles. The van der Waals surface area contributed by atoms with Crippen LogP contribution in [0.15, 0.2) is 32.0 Å². The summed E-state index contributed by atoms with van der Waals surface area (Å²) in [6, 6.07) is 3.37. The second-order valence-electron chi connectivity index (χ2n) is 2.87. The SMILES string of the molecule is COCCn1nc(-c2ccco2)oc1=O. The maximum absolute atomic E-state index is 11.3. The van der Waals surface area contributed by atoms with Gasteiger partial charge in [0, 0.05) is 7.11 Å². The molecule has 0 aromatic carbocycles. The van der Waals surface area contributed by atoms with E-state index in [1.54, 1.807) is 19.2 Å². The minimum Gasteiger partial charge on any atom is -0.459 e. The molecule has 6 nitrogen and oxygen atoms in total. The molecule has 15 heavy (non-hydrogen) atoms. The fourth-order valence-corrected chi connectivity index (χ4v) is 1.13. The second kappa shape index (κ2) is 4.14. The Morgan fingerprint density at radius 2 is 2.47 bits per heavy atom. The van der Waals surface area contributed by atoms with E-state index < -0.39 is 5.76 Å². The molecule has 0 saturated carbocycles. The van der Waals surface area contributed by atoms with E-state index in [0.717, 1.165) is 0 Å². The summed E-state index contributed by atoms with van der Waals surface area (Å²) in [5, 5.41) is 3.95. The molecular weight excluding hydrogens is 200 g/mol. The van der Waals surface area contributed by atoms with E-state index in [1.807, 2.05) is 0 Å². The van der Waals surface area contributed by atoms with Gasteiger partial charge >= 0.3 is 5.76 Å². The van der Waals surface area contributed by atoms with E-state index in [-0.39, 0.29) is 5.89 Å². The highest BCUT2D eigenvalue weighted by atomic mass is 16.5. The normalized spacial score (nSPS) is 10.7. The van der Waals surface area contributed by atoms with Crippen molar-refractivity contribution in [3.05, 3.63) is 28.9 Å². The third-order valence-electron chi connectivity index (χ3n) is 1.85. The van der Waals surface area contributed by atoms with E-state index >= 15 is 0 Å². The van der Waals surface area contributed by atoms with Crippen molar-refractivity contribution in [2.45, 2.75) is 6.54 Å². The monoisotopic (exact) mass is 210 g/mol. The predicted molar refractivity (Wildman–Crippen MR) is 50.3 cm³/mol. The molecule has 0 radical (unpaired) electrons. The van der Waals surface area contributed by atoms with Crippen LogP contribution in [0.4, 0.5) is 0 Å². The molecule has 0 aliphatic carbocycles. The van der Waals surface area contributed by atoms with Crippen LogP contribution in [0.2, 0.25) is 0 Å². The lowest BCUT2D eigenvalue weighted by Gasteiger charge is -1.94. The molecule has 0 N–H and O–H groups in total. The Balaban J connectivity index is 2.25. The first-order valence-corrected chi connectivity index (χ1v) is 4.42. The van der Waals surface area contributed by atoms with Gasteiger partial charge in [-0.3, -0.25) is 0 Å². The van der Waals surface area contributed by atoms with Gasteiger partial charge in [-0.2, -0.15) is 4.68 Å². The number of furan rings is 1. The molecule has 2 rings (SSSR count). The Morgan fingerprint density at radius 1 is 1.60 bits per heavy atom. The van der Waals surface area contributed by atoms with Gasteiger partial charge in [-0.15, -0.1) is 5.10 Å². The minimum atomic E-state index is -0.515. The highest BCUT2D eigenvalue weighted by Gasteiger charge is 2.11. The van der Waals surface area contributed by atoms with Gasteiger partial charge < -0.3 is 13.6 Å². The molecule has 0 fully saturated rings. The quantitative estimate of drug-likeness (QED) is 0.744. The lowest BCUT2D eigenvalue weighted by Crippen LogP contribution is -2.18. The van der Waals surface area contributed by atoms with E-state index in [9.17, 15) is 4.79 Å². The maximum Gasteiger partial charge on any atom is 0.437 e. The molecule has 0 amide bonds. The Hall–Kier alpha value is -1.82. The van der Waals surface area contributed by atoms with Crippen molar-refractivity contribution in [2.24, 2.45) is 0 Å². The molecule has 0 unspecified atom stereocenters. The van der Waals surface area contributed by atoms with Gasteiger partial charge in [0.15, 0.2) is 5.76 Å². The lowest BCUT2D eigenvalue weighted by molar-refractivity contribution is 0.181. The average molecular weight is 210 g/mol. The van der Waals surface area contributed by atoms with Gasteiger partial charge in [0.05, 0.1) is 19.4 Å².